The van der Waals surface area contributed by atoms with Crippen LogP contribution >= 0.6 is 23.2 Å². The van der Waals surface area contributed by atoms with Gasteiger partial charge in [-0.05, 0) is 40.3 Å². The standard InChI is InChI=1S/C21H15Cl2N5O3/c22-16-9-10-19(31-13-14-5-2-1-3-6-14)15(11-16)12-27-21(24-25-26-27)17-7-4-8-18(20(17)23)28(29)30/h1-11H,12-13H2. The average molecular weight is 456 g/mol. The first-order valence-electron chi connectivity index (χ1n) is 9.17. The third kappa shape index (κ3) is 4.65. The maximum Gasteiger partial charge on any atom is 0.288 e. The number of aromatic nitrogens is 4. The van der Waals surface area contributed by atoms with E-state index < -0.39 is 4.92 Å². The highest BCUT2D eigenvalue weighted by molar-refractivity contribution is 6.35. The van der Waals surface area contributed by atoms with Crippen LogP contribution in [0, 0.1) is 10.1 Å². The van der Waals surface area contributed by atoms with E-state index in [0.717, 1.165) is 11.1 Å². The van der Waals surface area contributed by atoms with Gasteiger partial charge in [0.25, 0.3) is 5.69 Å². The SMILES string of the molecule is O=[N+]([O-])c1cccc(-c2nnnn2Cc2cc(Cl)ccc2OCc2ccccc2)c1Cl. The van der Waals surface area contributed by atoms with Crippen molar-refractivity contribution in [2.45, 2.75) is 13.2 Å². The van der Waals surface area contributed by atoms with Crippen molar-refractivity contribution >= 4 is 28.9 Å². The summed E-state index contributed by atoms with van der Waals surface area (Å²) >= 11 is 12.4. The van der Waals surface area contributed by atoms with Crippen molar-refractivity contribution in [1.29, 1.82) is 0 Å². The second kappa shape index (κ2) is 9.11. The van der Waals surface area contributed by atoms with Crippen LogP contribution in [0.4, 0.5) is 5.69 Å². The summed E-state index contributed by atoms with van der Waals surface area (Å²) in [5, 5.41) is 23.5. The molecule has 10 heteroatoms. The van der Waals surface area contributed by atoms with Crippen molar-refractivity contribution in [3.63, 3.8) is 0 Å². The van der Waals surface area contributed by atoms with Crippen LogP contribution in [0.2, 0.25) is 10.0 Å². The molecule has 1 heterocycles. The number of hydrogen-bond donors (Lipinski definition) is 0. The molecule has 0 aliphatic rings. The maximum atomic E-state index is 11.2. The van der Waals surface area contributed by atoms with Crippen molar-refractivity contribution in [1.82, 2.24) is 20.2 Å². The van der Waals surface area contributed by atoms with Gasteiger partial charge in [0.05, 0.1) is 11.5 Å². The number of nitro benzene ring substituents is 1. The highest BCUT2D eigenvalue weighted by Gasteiger charge is 2.21. The molecule has 0 spiro atoms. The number of tetrazole rings is 1. The van der Waals surface area contributed by atoms with E-state index in [1.54, 1.807) is 24.3 Å². The van der Waals surface area contributed by atoms with Crippen molar-refractivity contribution < 1.29 is 9.66 Å². The van der Waals surface area contributed by atoms with E-state index in [-0.39, 0.29) is 17.3 Å². The molecule has 0 saturated heterocycles. The van der Waals surface area contributed by atoms with Gasteiger partial charge in [0, 0.05) is 22.2 Å². The Morgan fingerprint density at radius 3 is 2.61 bits per heavy atom. The molecule has 4 aromatic rings. The number of rotatable bonds is 7. The van der Waals surface area contributed by atoms with Crippen LogP contribution in [0.3, 0.4) is 0 Å². The molecule has 31 heavy (non-hydrogen) atoms. The summed E-state index contributed by atoms with van der Waals surface area (Å²) in [6, 6.07) is 19.5. The topological polar surface area (TPSA) is 96.0 Å². The molecule has 0 unspecified atom stereocenters. The highest BCUT2D eigenvalue weighted by atomic mass is 35.5. The van der Waals surface area contributed by atoms with Crippen LogP contribution in [0.25, 0.3) is 11.4 Å². The van der Waals surface area contributed by atoms with Gasteiger partial charge in [-0.25, -0.2) is 4.68 Å². The minimum Gasteiger partial charge on any atom is -0.489 e. The molecular formula is C21H15Cl2N5O3. The fraction of sp³-hybridized carbons (Fsp3) is 0.0952. The first kappa shape index (κ1) is 20.8. The lowest BCUT2D eigenvalue weighted by atomic mass is 10.1. The van der Waals surface area contributed by atoms with Gasteiger partial charge in [-0.15, -0.1) is 5.10 Å². The van der Waals surface area contributed by atoms with Crippen molar-refractivity contribution in [2.75, 3.05) is 0 Å². The monoisotopic (exact) mass is 455 g/mol. The van der Waals surface area contributed by atoms with Gasteiger partial charge in [0.1, 0.15) is 17.4 Å². The lowest BCUT2D eigenvalue weighted by molar-refractivity contribution is -0.384. The molecule has 0 saturated carbocycles. The zero-order chi connectivity index (χ0) is 21.8. The van der Waals surface area contributed by atoms with Crippen LogP contribution < -0.4 is 4.74 Å². The van der Waals surface area contributed by atoms with Crippen molar-refractivity contribution in [2.24, 2.45) is 0 Å². The number of halogens is 2. The summed E-state index contributed by atoms with van der Waals surface area (Å²) < 4.78 is 7.48. The predicted molar refractivity (Wildman–Crippen MR) is 116 cm³/mol. The smallest absolute Gasteiger partial charge is 0.288 e. The van der Waals surface area contributed by atoms with Crippen LogP contribution in [0.5, 0.6) is 5.75 Å². The number of benzene rings is 3. The Morgan fingerprint density at radius 1 is 1.03 bits per heavy atom. The minimum atomic E-state index is -0.549. The summed E-state index contributed by atoms with van der Waals surface area (Å²) in [6.07, 6.45) is 0. The Hall–Kier alpha value is -3.49. The molecule has 156 valence electrons. The second-order valence-corrected chi connectivity index (χ2v) is 7.40. The fourth-order valence-corrected chi connectivity index (χ4v) is 3.52. The van der Waals surface area contributed by atoms with Gasteiger partial charge in [0.2, 0.25) is 0 Å². The van der Waals surface area contributed by atoms with E-state index in [2.05, 4.69) is 15.5 Å². The van der Waals surface area contributed by atoms with Crippen molar-refractivity contribution in [3.8, 4) is 17.1 Å². The third-order valence-electron chi connectivity index (χ3n) is 4.53. The molecule has 1 aromatic heterocycles. The molecule has 8 nitrogen and oxygen atoms in total. The van der Waals surface area contributed by atoms with E-state index in [4.69, 9.17) is 27.9 Å². The number of hydrogen-bond acceptors (Lipinski definition) is 6. The Labute approximate surface area is 187 Å². The average Bonchev–Trinajstić information content (AvgIpc) is 3.22. The van der Waals surface area contributed by atoms with Gasteiger partial charge in [-0.2, -0.15) is 0 Å². The molecular weight excluding hydrogens is 441 g/mol. The minimum absolute atomic E-state index is 0.0322. The number of ether oxygens (including phenoxy) is 1. The second-order valence-electron chi connectivity index (χ2n) is 6.58. The molecule has 3 aromatic carbocycles. The van der Waals surface area contributed by atoms with Crippen molar-refractivity contribution in [3.05, 3.63) is 98.0 Å². The van der Waals surface area contributed by atoms with Gasteiger partial charge in [-0.1, -0.05) is 59.6 Å². The first-order chi connectivity index (χ1) is 15.0. The summed E-state index contributed by atoms with van der Waals surface area (Å²) in [7, 11) is 0. The van der Waals surface area contributed by atoms with Gasteiger partial charge < -0.3 is 4.74 Å². The lowest BCUT2D eigenvalue weighted by Gasteiger charge is -2.13. The molecule has 0 aliphatic heterocycles. The van der Waals surface area contributed by atoms with Gasteiger partial charge in [-0.3, -0.25) is 10.1 Å². The lowest BCUT2D eigenvalue weighted by Crippen LogP contribution is -2.07. The van der Waals surface area contributed by atoms with Crippen LogP contribution in [0.15, 0.2) is 66.7 Å². The first-order valence-corrected chi connectivity index (χ1v) is 9.93. The van der Waals surface area contributed by atoms with E-state index in [0.29, 0.717) is 28.8 Å². The molecule has 0 bridgehead atoms. The molecule has 0 radical (unpaired) electrons. The molecule has 0 N–H and O–H groups in total. The van der Waals surface area contributed by atoms with Gasteiger partial charge >= 0.3 is 0 Å². The summed E-state index contributed by atoms with van der Waals surface area (Å²) in [5.74, 6) is 0.919. The van der Waals surface area contributed by atoms with Gasteiger partial charge in [0.15, 0.2) is 5.82 Å². The predicted octanol–water partition coefficient (Wildman–Crippen LogP) is 5.18. The highest BCUT2D eigenvalue weighted by Crippen LogP contribution is 2.34. The third-order valence-corrected chi connectivity index (χ3v) is 5.16. The molecule has 0 aliphatic carbocycles. The normalized spacial score (nSPS) is 10.8. The Morgan fingerprint density at radius 2 is 1.84 bits per heavy atom. The van der Waals surface area contributed by atoms with E-state index in [1.165, 1.54) is 16.8 Å². The zero-order valence-corrected chi connectivity index (χ0v) is 17.5. The largest absolute Gasteiger partial charge is 0.489 e. The van der Waals surface area contributed by atoms with E-state index >= 15 is 0 Å². The molecule has 0 amide bonds. The number of nitrogens with zero attached hydrogens (tertiary/aromatic N) is 5. The van der Waals surface area contributed by atoms with E-state index in [1.807, 2.05) is 30.3 Å². The zero-order valence-electron chi connectivity index (χ0n) is 16.0. The quantitative estimate of drug-likeness (QED) is 0.281. The van der Waals surface area contributed by atoms with E-state index in [9.17, 15) is 10.1 Å². The summed E-state index contributed by atoms with van der Waals surface area (Å²) in [4.78, 5) is 10.7. The Kier molecular flexibility index (Phi) is 6.11. The maximum absolute atomic E-state index is 11.2. The summed E-state index contributed by atoms with van der Waals surface area (Å²) in [5.41, 5.74) is 1.91. The van der Waals surface area contributed by atoms with Crippen LogP contribution in [-0.4, -0.2) is 25.1 Å². The number of nitro groups is 1. The fourth-order valence-electron chi connectivity index (χ4n) is 3.05. The Bertz CT molecular complexity index is 1230. The molecule has 0 atom stereocenters. The molecule has 0 fully saturated rings. The van der Waals surface area contributed by atoms with Crippen LogP contribution in [-0.2, 0) is 13.2 Å². The molecule has 4 rings (SSSR count). The summed E-state index contributed by atoms with van der Waals surface area (Å²) in [6.45, 7) is 0.612. The Balaban J connectivity index is 1.64. The van der Waals surface area contributed by atoms with Crippen LogP contribution in [0.1, 0.15) is 11.1 Å².